The number of hydrogen-bond donors (Lipinski definition) is 1. The standard InChI is InChI=1S/C27H36N4O4/c1-20-6-8-21(9-7-20)28-26(32)18-29-13-15-30(16-14-29)27(33)19-31-12-4-5-24(31)23-11-10-22(34-2)17-25(23)35-3/h6-11,17,24H,4-5,12-16,18-19H2,1-3H3,(H,28,32)/t24-/m1/s1. The lowest BCUT2D eigenvalue weighted by Gasteiger charge is -2.36. The van der Waals surface area contributed by atoms with E-state index >= 15 is 0 Å². The number of benzene rings is 2. The molecule has 0 aliphatic carbocycles. The predicted octanol–water partition coefficient (Wildman–Crippen LogP) is 2.93. The summed E-state index contributed by atoms with van der Waals surface area (Å²) in [6.45, 7) is 6.32. The molecule has 0 bridgehead atoms. The van der Waals surface area contributed by atoms with Crippen LogP contribution in [0.2, 0.25) is 0 Å². The fourth-order valence-corrected chi connectivity index (χ4v) is 4.93. The lowest BCUT2D eigenvalue weighted by atomic mass is 10.0. The molecule has 0 aromatic heterocycles. The van der Waals surface area contributed by atoms with Crippen LogP contribution in [-0.2, 0) is 9.59 Å². The molecule has 188 valence electrons. The van der Waals surface area contributed by atoms with Crippen molar-refractivity contribution in [2.24, 2.45) is 0 Å². The lowest BCUT2D eigenvalue weighted by Crippen LogP contribution is -2.52. The predicted molar refractivity (Wildman–Crippen MR) is 136 cm³/mol. The zero-order chi connectivity index (χ0) is 24.8. The molecule has 2 aliphatic heterocycles. The number of ether oxygens (including phenoxy) is 2. The average Bonchev–Trinajstić information content (AvgIpc) is 3.33. The molecule has 1 atom stereocenters. The van der Waals surface area contributed by atoms with E-state index in [1.807, 2.05) is 54.3 Å². The van der Waals surface area contributed by atoms with E-state index in [1.54, 1.807) is 14.2 Å². The highest BCUT2D eigenvalue weighted by Crippen LogP contribution is 2.38. The van der Waals surface area contributed by atoms with Crippen molar-refractivity contribution < 1.29 is 19.1 Å². The number of anilines is 1. The summed E-state index contributed by atoms with van der Waals surface area (Å²) < 4.78 is 10.9. The Morgan fingerprint density at radius 1 is 0.943 bits per heavy atom. The molecule has 2 fully saturated rings. The number of nitrogens with zero attached hydrogens (tertiary/aromatic N) is 3. The molecule has 2 aromatic carbocycles. The maximum Gasteiger partial charge on any atom is 0.238 e. The van der Waals surface area contributed by atoms with Crippen molar-refractivity contribution >= 4 is 17.5 Å². The molecule has 8 heteroatoms. The zero-order valence-corrected chi connectivity index (χ0v) is 21.0. The highest BCUT2D eigenvalue weighted by atomic mass is 16.5. The van der Waals surface area contributed by atoms with Gasteiger partial charge in [-0.25, -0.2) is 0 Å². The second kappa shape index (κ2) is 11.6. The van der Waals surface area contributed by atoms with Gasteiger partial charge in [0.1, 0.15) is 11.5 Å². The Kier molecular flexibility index (Phi) is 8.25. The van der Waals surface area contributed by atoms with Crippen LogP contribution in [0.4, 0.5) is 5.69 Å². The Labute approximate surface area is 207 Å². The topological polar surface area (TPSA) is 74.4 Å². The molecule has 2 amide bonds. The number of carbonyl (C=O) groups excluding carboxylic acids is 2. The summed E-state index contributed by atoms with van der Waals surface area (Å²) >= 11 is 0. The lowest BCUT2D eigenvalue weighted by molar-refractivity contribution is -0.134. The van der Waals surface area contributed by atoms with E-state index in [1.165, 1.54) is 0 Å². The third-order valence-electron chi connectivity index (χ3n) is 6.93. The number of rotatable bonds is 8. The minimum Gasteiger partial charge on any atom is -0.497 e. The van der Waals surface area contributed by atoms with Gasteiger partial charge in [0.25, 0.3) is 0 Å². The molecule has 2 heterocycles. The second-order valence-corrected chi connectivity index (χ2v) is 9.31. The highest BCUT2D eigenvalue weighted by Gasteiger charge is 2.32. The fraction of sp³-hybridized carbons (Fsp3) is 0.481. The Bertz CT molecular complexity index is 1020. The van der Waals surface area contributed by atoms with E-state index in [0.29, 0.717) is 39.3 Å². The van der Waals surface area contributed by atoms with Crippen LogP contribution in [0, 0.1) is 6.92 Å². The van der Waals surface area contributed by atoms with Gasteiger partial charge in [0.05, 0.1) is 27.3 Å². The van der Waals surface area contributed by atoms with Crippen LogP contribution in [0.5, 0.6) is 11.5 Å². The maximum absolute atomic E-state index is 13.1. The van der Waals surface area contributed by atoms with E-state index in [-0.39, 0.29) is 17.9 Å². The molecule has 0 spiro atoms. The molecule has 2 aliphatic rings. The molecule has 4 rings (SSSR count). The summed E-state index contributed by atoms with van der Waals surface area (Å²) in [4.78, 5) is 31.8. The zero-order valence-electron chi connectivity index (χ0n) is 21.0. The molecule has 2 saturated heterocycles. The summed E-state index contributed by atoms with van der Waals surface area (Å²) in [6.07, 6.45) is 2.05. The normalized spacial score (nSPS) is 18.9. The summed E-state index contributed by atoms with van der Waals surface area (Å²) in [6, 6.07) is 13.9. The van der Waals surface area contributed by atoms with Gasteiger partial charge in [-0.3, -0.25) is 19.4 Å². The molecular formula is C27H36N4O4. The van der Waals surface area contributed by atoms with Crippen LogP contribution in [0.3, 0.4) is 0 Å². The molecule has 2 aromatic rings. The number of nitrogens with one attached hydrogen (secondary N) is 1. The Morgan fingerprint density at radius 3 is 2.37 bits per heavy atom. The van der Waals surface area contributed by atoms with Crippen LogP contribution < -0.4 is 14.8 Å². The van der Waals surface area contributed by atoms with Crippen molar-refractivity contribution in [1.82, 2.24) is 14.7 Å². The number of likely N-dealkylation sites (tertiary alicyclic amines) is 1. The molecular weight excluding hydrogens is 444 g/mol. The van der Waals surface area contributed by atoms with Gasteiger partial charge >= 0.3 is 0 Å². The summed E-state index contributed by atoms with van der Waals surface area (Å²) in [7, 11) is 3.31. The third kappa shape index (κ3) is 6.32. The molecule has 35 heavy (non-hydrogen) atoms. The Balaban J connectivity index is 1.27. The summed E-state index contributed by atoms with van der Waals surface area (Å²) in [5.74, 6) is 1.68. The van der Waals surface area contributed by atoms with Crippen LogP contribution in [0.1, 0.15) is 30.0 Å². The number of hydrogen-bond acceptors (Lipinski definition) is 6. The number of amides is 2. The van der Waals surface area contributed by atoms with Crippen molar-refractivity contribution in [2.45, 2.75) is 25.8 Å². The van der Waals surface area contributed by atoms with Gasteiger partial charge in [0.15, 0.2) is 0 Å². The summed E-state index contributed by atoms with van der Waals surface area (Å²) in [5, 5.41) is 2.95. The van der Waals surface area contributed by atoms with Crippen molar-refractivity contribution in [1.29, 1.82) is 0 Å². The third-order valence-corrected chi connectivity index (χ3v) is 6.93. The van der Waals surface area contributed by atoms with E-state index < -0.39 is 0 Å². The second-order valence-electron chi connectivity index (χ2n) is 9.31. The first-order valence-corrected chi connectivity index (χ1v) is 12.3. The minimum atomic E-state index is -0.0259. The van der Waals surface area contributed by atoms with Gasteiger partial charge in [-0.1, -0.05) is 23.8 Å². The van der Waals surface area contributed by atoms with Crippen molar-refractivity contribution in [3.8, 4) is 11.5 Å². The maximum atomic E-state index is 13.1. The Morgan fingerprint density at radius 2 is 1.69 bits per heavy atom. The van der Waals surface area contributed by atoms with Gasteiger partial charge in [-0.2, -0.15) is 0 Å². The van der Waals surface area contributed by atoms with E-state index in [9.17, 15) is 9.59 Å². The highest BCUT2D eigenvalue weighted by molar-refractivity contribution is 5.92. The first-order chi connectivity index (χ1) is 17.0. The quantitative estimate of drug-likeness (QED) is 0.626. The van der Waals surface area contributed by atoms with Gasteiger partial charge in [-0.05, 0) is 44.5 Å². The smallest absolute Gasteiger partial charge is 0.238 e. The molecule has 0 radical (unpaired) electrons. The largest absolute Gasteiger partial charge is 0.497 e. The Hall–Kier alpha value is -3.10. The number of methoxy groups -OCH3 is 2. The van der Waals surface area contributed by atoms with Crippen LogP contribution in [0.25, 0.3) is 0 Å². The number of piperazine rings is 1. The van der Waals surface area contributed by atoms with E-state index in [4.69, 9.17) is 9.47 Å². The average molecular weight is 481 g/mol. The SMILES string of the molecule is COc1ccc([C@H]2CCCN2CC(=O)N2CCN(CC(=O)Nc3ccc(C)cc3)CC2)c(OC)c1. The number of carbonyl (C=O) groups is 2. The van der Waals surface area contributed by atoms with Crippen molar-refractivity contribution in [3.63, 3.8) is 0 Å². The van der Waals surface area contributed by atoms with Gasteiger partial charge < -0.3 is 19.7 Å². The van der Waals surface area contributed by atoms with Crippen LogP contribution >= 0.6 is 0 Å². The first kappa shape index (κ1) is 25.0. The molecule has 1 N–H and O–H groups in total. The van der Waals surface area contributed by atoms with E-state index in [0.717, 1.165) is 47.7 Å². The molecule has 8 nitrogen and oxygen atoms in total. The van der Waals surface area contributed by atoms with Crippen molar-refractivity contribution in [2.75, 3.05) is 65.3 Å². The molecule has 0 saturated carbocycles. The van der Waals surface area contributed by atoms with Crippen molar-refractivity contribution in [3.05, 3.63) is 53.6 Å². The van der Waals surface area contributed by atoms with Gasteiger partial charge in [0, 0.05) is 49.5 Å². The minimum absolute atomic E-state index is 0.0259. The monoisotopic (exact) mass is 480 g/mol. The van der Waals surface area contributed by atoms with Crippen LogP contribution in [0.15, 0.2) is 42.5 Å². The first-order valence-electron chi connectivity index (χ1n) is 12.3. The van der Waals surface area contributed by atoms with Gasteiger partial charge in [0.2, 0.25) is 11.8 Å². The number of aryl methyl sites for hydroxylation is 1. The van der Waals surface area contributed by atoms with E-state index in [2.05, 4.69) is 15.1 Å². The van der Waals surface area contributed by atoms with Gasteiger partial charge in [-0.15, -0.1) is 0 Å². The fourth-order valence-electron chi connectivity index (χ4n) is 4.93. The van der Waals surface area contributed by atoms with Crippen LogP contribution in [-0.4, -0.2) is 86.5 Å². The summed E-state index contributed by atoms with van der Waals surface area (Å²) in [5.41, 5.74) is 3.07. The molecule has 0 unspecified atom stereocenters.